The number of rotatable bonds is 5. The van der Waals surface area contributed by atoms with Gasteiger partial charge >= 0.3 is 0 Å². The van der Waals surface area contributed by atoms with Crippen LogP contribution in [0.2, 0.25) is 0 Å². The Morgan fingerprint density at radius 1 is 1.50 bits per heavy atom. The van der Waals surface area contributed by atoms with Crippen molar-refractivity contribution in [1.82, 2.24) is 10.3 Å². The highest BCUT2D eigenvalue weighted by Crippen LogP contribution is 2.10. The SMILES string of the molecule is CN(C)c1ccnc(CNCCS)c1. The largest absolute Gasteiger partial charge is 0.378 e. The molecule has 0 bridgehead atoms. The van der Waals surface area contributed by atoms with Gasteiger partial charge in [-0.3, -0.25) is 4.98 Å². The van der Waals surface area contributed by atoms with E-state index in [0.29, 0.717) is 0 Å². The molecule has 3 nitrogen and oxygen atoms in total. The van der Waals surface area contributed by atoms with Crippen LogP contribution in [-0.2, 0) is 6.54 Å². The molecule has 78 valence electrons. The monoisotopic (exact) mass is 211 g/mol. The predicted molar refractivity (Wildman–Crippen MR) is 64.1 cm³/mol. The fourth-order valence-corrected chi connectivity index (χ4v) is 1.29. The quantitative estimate of drug-likeness (QED) is 0.565. The molecule has 0 radical (unpaired) electrons. The molecule has 1 N–H and O–H groups in total. The first-order valence-electron chi connectivity index (χ1n) is 4.68. The van der Waals surface area contributed by atoms with Crippen molar-refractivity contribution < 1.29 is 0 Å². The van der Waals surface area contributed by atoms with Crippen molar-refractivity contribution in [3.63, 3.8) is 0 Å². The first-order chi connectivity index (χ1) is 6.74. The second-order valence-electron chi connectivity index (χ2n) is 3.30. The maximum Gasteiger partial charge on any atom is 0.0562 e. The van der Waals surface area contributed by atoms with Gasteiger partial charge in [0, 0.05) is 44.8 Å². The van der Waals surface area contributed by atoms with E-state index in [1.807, 2.05) is 26.4 Å². The zero-order valence-electron chi connectivity index (χ0n) is 8.70. The Morgan fingerprint density at radius 3 is 2.93 bits per heavy atom. The summed E-state index contributed by atoms with van der Waals surface area (Å²) < 4.78 is 0. The van der Waals surface area contributed by atoms with Gasteiger partial charge in [-0.05, 0) is 12.1 Å². The third-order valence-corrected chi connectivity index (χ3v) is 2.13. The van der Waals surface area contributed by atoms with Crippen molar-refractivity contribution in [2.45, 2.75) is 6.54 Å². The fraction of sp³-hybridized carbons (Fsp3) is 0.500. The van der Waals surface area contributed by atoms with Crippen LogP contribution < -0.4 is 10.2 Å². The summed E-state index contributed by atoms with van der Waals surface area (Å²) in [4.78, 5) is 6.35. The maximum absolute atomic E-state index is 4.28. The van der Waals surface area contributed by atoms with E-state index in [4.69, 9.17) is 0 Å². The van der Waals surface area contributed by atoms with E-state index in [-0.39, 0.29) is 0 Å². The molecule has 0 atom stereocenters. The van der Waals surface area contributed by atoms with Crippen molar-refractivity contribution >= 4 is 18.3 Å². The third kappa shape index (κ3) is 3.55. The molecule has 4 heteroatoms. The van der Waals surface area contributed by atoms with Crippen LogP contribution >= 0.6 is 12.6 Å². The molecule has 0 aliphatic heterocycles. The number of anilines is 1. The summed E-state index contributed by atoms with van der Waals surface area (Å²) in [6, 6.07) is 4.09. The summed E-state index contributed by atoms with van der Waals surface area (Å²) in [5, 5.41) is 3.26. The Kier molecular flexibility index (Phi) is 4.76. The molecule has 0 aliphatic carbocycles. The minimum atomic E-state index is 0.808. The Bertz CT molecular complexity index is 276. The van der Waals surface area contributed by atoms with Crippen LogP contribution in [0.4, 0.5) is 5.69 Å². The van der Waals surface area contributed by atoms with E-state index in [2.05, 4.69) is 33.9 Å². The number of hydrogen-bond acceptors (Lipinski definition) is 4. The normalized spacial score (nSPS) is 10.2. The number of aromatic nitrogens is 1. The zero-order chi connectivity index (χ0) is 10.4. The van der Waals surface area contributed by atoms with Gasteiger partial charge in [0.1, 0.15) is 0 Å². The lowest BCUT2D eigenvalue weighted by molar-refractivity contribution is 0.716. The van der Waals surface area contributed by atoms with Crippen LogP contribution in [0.5, 0.6) is 0 Å². The highest BCUT2D eigenvalue weighted by molar-refractivity contribution is 7.80. The van der Waals surface area contributed by atoms with Gasteiger partial charge in [-0.15, -0.1) is 0 Å². The van der Waals surface area contributed by atoms with E-state index in [1.54, 1.807) is 0 Å². The van der Waals surface area contributed by atoms with E-state index in [1.165, 1.54) is 5.69 Å². The van der Waals surface area contributed by atoms with Crippen molar-refractivity contribution in [3.05, 3.63) is 24.0 Å². The van der Waals surface area contributed by atoms with Gasteiger partial charge in [-0.1, -0.05) is 0 Å². The van der Waals surface area contributed by atoms with E-state index in [0.717, 1.165) is 24.5 Å². The Labute approximate surface area is 90.9 Å². The Morgan fingerprint density at radius 2 is 2.29 bits per heavy atom. The summed E-state index contributed by atoms with van der Waals surface area (Å²) in [5.41, 5.74) is 2.25. The third-order valence-electron chi connectivity index (χ3n) is 1.91. The van der Waals surface area contributed by atoms with Crippen LogP contribution in [0, 0.1) is 0 Å². The van der Waals surface area contributed by atoms with Crippen LogP contribution in [0.25, 0.3) is 0 Å². The number of nitrogens with zero attached hydrogens (tertiary/aromatic N) is 2. The number of nitrogens with one attached hydrogen (secondary N) is 1. The first-order valence-corrected chi connectivity index (χ1v) is 5.31. The topological polar surface area (TPSA) is 28.2 Å². The molecule has 1 aromatic heterocycles. The molecule has 1 aromatic rings. The molecular weight excluding hydrogens is 194 g/mol. The van der Waals surface area contributed by atoms with E-state index < -0.39 is 0 Å². The second-order valence-corrected chi connectivity index (χ2v) is 3.75. The second kappa shape index (κ2) is 5.88. The van der Waals surface area contributed by atoms with Crippen LogP contribution in [0.15, 0.2) is 18.3 Å². The van der Waals surface area contributed by atoms with E-state index in [9.17, 15) is 0 Å². The number of pyridine rings is 1. The van der Waals surface area contributed by atoms with E-state index >= 15 is 0 Å². The van der Waals surface area contributed by atoms with Crippen molar-refractivity contribution in [1.29, 1.82) is 0 Å². The molecule has 0 fully saturated rings. The molecule has 0 saturated carbocycles. The van der Waals surface area contributed by atoms with Gasteiger partial charge in [0.25, 0.3) is 0 Å². The van der Waals surface area contributed by atoms with Crippen LogP contribution in [-0.4, -0.2) is 31.4 Å². The summed E-state index contributed by atoms with van der Waals surface area (Å²) >= 11 is 4.13. The Hall–Kier alpha value is -0.740. The lowest BCUT2D eigenvalue weighted by atomic mass is 10.3. The van der Waals surface area contributed by atoms with Gasteiger partial charge in [0.15, 0.2) is 0 Å². The lowest BCUT2D eigenvalue weighted by Gasteiger charge is -2.13. The molecule has 0 aromatic carbocycles. The molecule has 14 heavy (non-hydrogen) atoms. The molecule has 0 spiro atoms. The van der Waals surface area contributed by atoms with Gasteiger partial charge < -0.3 is 10.2 Å². The number of thiol groups is 1. The van der Waals surface area contributed by atoms with Gasteiger partial charge in [-0.25, -0.2) is 0 Å². The molecule has 0 aliphatic rings. The molecular formula is C10H17N3S. The summed E-state index contributed by atoms with van der Waals surface area (Å²) in [6.45, 7) is 1.72. The summed E-state index contributed by atoms with van der Waals surface area (Å²) in [5.74, 6) is 0.855. The summed E-state index contributed by atoms with van der Waals surface area (Å²) in [7, 11) is 4.06. The average Bonchev–Trinajstić information content (AvgIpc) is 2.19. The minimum absolute atomic E-state index is 0.808. The maximum atomic E-state index is 4.28. The number of hydrogen-bond donors (Lipinski definition) is 2. The average molecular weight is 211 g/mol. The fourth-order valence-electron chi connectivity index (χ4n) is 1.14. The molecule has 0 unspecified atom stereocenters. The Balaban J connectivity index is 2.55. The standard InChI is InChI=1S/C10H17N3S/c1-13(2)10-3-4-12-9(7-10)8-11-5-6-14/h3-4,7,11,14H,5-6,8H2,1-2H3. The van der Waals surface area contributed by atoms with Crippen molar-refractivity contribution in [2.75, 3.05) is 31.3 Å². The lowest BCUT2D eigenvalue weighted by Crippen LogP contribution is -2.17. The predicted octanol–water partition coefficient (Wildman–Crippen LogP) is 1.17. The molecule has 0 saturated heterocycles. The highest BCUT2D eigenvalue weighted by Gasteiger charge is 1.97. The molecule has 1 rings (SSSR count). The van der Waals surface area contributed by atoms with Gasteiger partial charge in [-0.2, -0.15) is 12.6 Å². The molecule has 1 heterocycles. The van der Waals surface area contributed by atoms with Gasteiger partial charge in [0.2, 0.25) is 0 Å². The summed E-state index contributed by atoms with van der Waals surface area (Å²) in [6.07, 6.45) is 1.84. The zero-order valence-corrected chi connectivity index (χ0v) is 9.59. The highest BCUT2D eigenvalue weighted by atomic mass is 32.1. The smallest absolute Gasteiger partial charge is 0.0562 e. The minimum Gasteiger partial charge on any atom is -0.378 e. The first kappa shape index (κ1) is 11.3. The van der Waals surface area contributed by atoms with Gasteiger partial charge in [0.05, 0.1) is 5.69 Å². The van der Waals surface area contributed by atoms with Crippen molar-refractivity contribution in [3.8, 4) is 0 Å². The van der Waals surface area contributed by atoms with Crippen molar-refractivity contribution in [2.24, 2.45) is 0 Å². The van der Waals surface area contributed by atoms with Crippen LogP contribution in [0.1, 0.15) is 5.69 Å². The molecule has 0 amide bonds. The van der Waals surface area contributed by atoms with Crippen LogP contribution in [0.3, 0.4) is 0 Å².